The monoisotopic (exact) mass is 346 g/mol. The predicted molar refractivity (Wildman–Crippen MR) is 85.8 cm³/mol. The zero-order chi connectivity index (χ0) is 15.6. The van der Waals surface area contributed by atoms with E-state index in [1.807, 2.05) is 0 Å². The van der Waals surface area contributed by atoms with Crippen LogP contribution in [0.4, 0.5) is 5.69 Å². The van der Waals surface area contributed by atoms with Crippen molar-refractivity contribution in [1.82, 2.24) is 0 Å². The first kappa shape index (κ1) is 16.1. The number of halogens is 1. The van der Waals surface area contributed by atoms with Crippen LogP contribution in [0.15, 0.2) is 28.5 Å². The van der Waals surface area contributed by atoms with Crippen LogP contribution in [0.5, 0.6) is 5.75 Å². The van der Waals surface area contributed by atoms with E-state index >= 15 is 0 Å². The lowest BCUT2D eigenvalue weighted by Crippen LogP contribution is -2.16. The van der Waals surface area contributed by atoms with E-state index < -0.39 is 10.0 Å². The van der Waals surface area contributed by atoms with Crippen molar-refractivity contribution >= 4 is 38.6 Å². The number of sulfonamides is 1. The van der Waals surface area contributed by atoms with Gasteiger partial charge < -0.3 is 10.5 Å². The van der Waals surface area contributed by atoms with Crippen molar-refractivity contribution in [3.05, 3.63) is 39.0 Å². The lowest BCUT2D eigenvalue weighted by Gasteiger charge is -2.13. The molecule has 0 fully saturated rings. The number of benzene rings is 1. The van der Waals surface area contributed by atoms with Crippen LogP contribution in [0.25, 0.3) is 0 Å². The SMILES string of the molecule is COc1ccc(Cl)cc1NS(=O)(=O)c1c(C)csc1CN. The lowest BCUT2D eigenvalue weighted by molar-refractivity contribution is 0.417. The number of hydrogen-bond donors (Lipinski definition) is 2. The van der Waals surface area contributed by atoms with Gasteiger partial charge >= 0.3 is 0 Å². The van der Waals surface area contributed by atoms with Crippen LogP contribution in [-0.4, -0.2) is 15.5 Å². The molecule has 0 aliphatic heterocycles. The fraction of sp³-hybridized carbons (Fsp3) is 0.231. The summed E-state index contributed by atoms with van der Waals surface area (Å²) in [5, 5.41) is 2.18. The summed E-state index contributed by atoms with van der Waals surface area (Å²) in [5.41, 5.74) is 6.56. The molecule has 2 aromatic rings. The Balaban J connectivity index is 2.47. The number of anilines is 1. The number of aryl methyl sites for hydroxylation is 1. The van der Waals surface area contributed by atoms with E-state index in [0.29, 0.717) is 26.9 Å². The van der Waals surface area contributed by atoms with Crippen molar-refractivity contribution in [2.45, 2.75) is 18.4 Å². The molecule has 0 spiro atoms. The minimum Gasteiger partial charge on any atom is -0.495 e. The average Bonchev–Trinajstić information content (AvgIpc) is 2.80. The second-order valence-electron chi connectivity index (χ2n) is 4.33. The Hall–Kier alpha value is -1.28. The maximum atomic E-state index is 12.6. The van der Waals surface area contributed by atoms with Crippen LogP contribution in [0.3, 0.4) is 0 Å². The Morgan fingerprint density at radius 2 is 2.14 bits per heavy atom. The third-order valence-corrected chi connectivity index (χ3v) is 5.93. The van der Waals surface area contributed by atoms with Gasteiger partial charge in [-0.2, -0.15) is 0 Å². The van der Waals surface area contributed by atoms with Gasteiger partial charge in [-0.25, -0.2) is 8.42 Å². The van der Waals surface area contributed by atoms with Crippen molar-refractivity contribution in [3.63, 3.8) is 0 Å². The van der Waals surface area contributed by atoms with Gasteiger partial charge in [-0.15, -0.1) is 11.3 Å². The van der Waals surface area contributed by atoms with Gasteiger partial charge in [0.05, 0.1) is 12.8 Å². The number of ether oxygens (including phenoxy) is 1. The van der Waals surface area contributed by atoms with E-state index in [9.17, 15) is 8.42 Å². The molecule has 0 unspecified atom stereocenters. The predicted octanol–water partition coefficient (Wildman–Crippen LogP) is 2.98. The Kier molecular flexibility index (Phi) is 4.77. The van der Waals surface area contributed by atoms with Gasteiger partial charge in [0, 0.05) is 16.4 Å². The molecule has 0 amide bonds. The van der Waals surface area contributed by atoms with Gasteiger partial charge in [0.1, 0.15) is 10.6 Å². The maximum absolute atomic E-state index is 12.6. The van der Waals surface area contributed by atoms with Crippen LogP contribution in [0.2, 0.25) is 5.02 Å². The first-order valence-corrected chi connectivity index (χ1v) is 8.76. The number of nitrogens with one attached hydrogen (secondary N) is 1. The standard InChI is InChI=1S/C13H15ClN2O3S2/c1-8-7-20-12(6-15)13(8)21(17,18)16-10-5-9(14)3-4-11(10)19-2/h3-5,7,16H,6,15H2,1-2H3. The highest BCUT2D eigenvalue weighted by atomic mass is 35.5. The Morgan fingerprint density at radius 1 is 1.43 bits per heavy atom. The maximum Gasteiger partial charge on any atom is 0.263 e. The molecule has 0 radical (unpaired) electrons. The van der Waals surface area contributed by atoms with Crippen LogP contribution in [0, 0.1) is 6.92 Å². The molecule has 0 bridgehead atoms. The van der Waals surface area contributed by atoms with Crippen molar-refractivity contribution in [1.29, 1.82) is 0 Å². The van der Waals surface area contributed by atoms with Crippen molar-refractivity contribution < 1.29 is 13.2 Å². The van der Waals surface area contributed by atoms with Gasteiger partial charge in [0.25, 0.3) is 10.0 Å². The van der Waals surface area contributed by atoms with E-state index in [1.165, 1.54) is 24.5 Å². The zero-order valence-corrected chi connectivity index (χ0v) is 13.9. The minimum atomic E-state index is -3.75. The number of rotatable bonds is 5. The fourth-order valence-corrected chi connectivity index (χ4v) is 4.88. The number of thiophene rings is 1. The van der Waals surface area contributed by atoms with Gasteiger partial charge in [0.15, 0.2) is 0 Å². The molecule has 0 atom stereocenters. The third-order valence-electron chi connectivity index (χ3n) is 2.85. The molecule has 8 heteroatoms. The molecule has 5 nitrogen and oxygen atoms in total. The van der Waals surface area contributed by atoms with E-state index in [-0.39, 0.29) is 11.4 Å². The molecule has 114 valence electrons. The van der Waals surface area contributed by atoms with Crippen molar-refractivity contribution in [2.24, 2.45) is 5.73 Å². The molecule has 2 rings (SSSR count). The second kappa shape index (κ2) is 6.23. The molecule has 21 heavy (non-hydrogen) atoms. The highest BCUT2D eigenvalue weighted by Gasteiger charge is 2.23. The average molecular weight is 347 g/mol. The lowest BCUT2D eigenvalue weighted by atomic mass is 10.3. The second-order valence-corrected chi connectivity index (χ2v) is 7.35. The van der Waals surface area contributed by atoms with E-state index in [4.69, 9.17) is 22.1 Å². The summed E-state index contributed by atoms with van der Waals surface area (Å²) in [6, 6.07) is 4.73. The summed E-state index contributed by atoms with van der Waals surface area (Å²) in [6.07, 6.45) is 0. The number of hydrogen-bond acceptors (Lipinski definition) is 5. The molecule has 1 aromatic heterocycles. The first-order chi connectivity index (χ1) is 9.89. The Bertz CT molecular complexity index is 757. The fourth-order valence-electron chi connectivity index (χ4n) is 1.94. The first-order valence-electron chi connectivity index (χ1n) is 6.02. The van der Waals surface area contributed by atoms with Crippen molar-refractivity contribution in [3.8, 4) is 5.75 Å². The summed E-state index contributed by atoms with van der Waals surface area (Å²) in [6.45, 7) is 1.90. The van der Waals surface area contributed by atoms with Gasteiger partial charge in [-0.3, -0.25) is 4.72 Å². The molecule has 0 saturated carbocycles. The summed E-state index contributed by atoms with van der Waals surface area (Å²) in [5.74, 6) is 0.394. The van der Waals surface area contributed by atoms with Gasteiger partial charge in [-0.05, 0) is 36.1 Å². The molecular formula is C13H15ClN2O3S2. The molecule has 1 aromatic carbocycles. The topological polar surface area (TPSA) is 81.4 Å². The van der Waals surface area contributed by atoms with Gasteiger partial charge in [0.2, 0.25) is 0 Å². The van der Waals surface area contributed by atoms with Crippen LogP contribution < -0.4 is 15.2 Å². The van der Waals surface area contributed by atoms with E-state index in [0.717, 1.165) is 0 Å². The Morgan fingerprint density at radius 3 is 2.76 bits per heavy atom. The zero-order valence-electron chi connectivity index (χ0n) is 11.5. The summed E-state index contributed by atoms with van der Waals surface area (Å²) in [4.78, 5) is 0.832. The molecule has 0 aliphatic rings. The number of nitrogens with two attached hydrogens (primary N) is 1. The summed E-state index contributed by atoms with van der Waals surface area (Å²) in [7, 11) is -2.29. The minimum absolute atomic E-state index is 0.168. The van der Waals surface area contributed by atoms with Crippen molar-refractivity contribution in [2.75, 3.05) is 11.8 Å². The normalized spacial score (nSPS) is 11.4. The summed E-state index contributed by atoms with van der Waals surface area (Å²) >= 11 is 7.23. The molecule has 3 N–H and O–H groups in total. The molecule has 1 heterocycles. The molecule has 0 aliphatic carbocycles. The quantitative estimate of drug-likeness (QED) is 0.872. The van der Waals surface area contributed by atoms with Crippen LogP contribution in [-0.2, 0) is 16.6 Å². The highest BCUT2D eigenvalue weighted by Crippen LogP contribution is 2.32. The van der Waals surface area contributed by atoms with E-state index in [2.05, 4.69) is 4.72 Å². The van der Waals surface area contributed by atoms with Crippen LogP contribution >= 0.6 is 22.9 Å². The smallest absolute Gasteiger partial charge is 0.263 e. The third kappa shape index (κ3) is 3.32. The van der Waals surface area contributed by atoms with E-state index in [1.54, 1.807) is 24.4 Å². The largest absolute Gasteiger partial charge is 0.495 e. The molecule has 0 saturated heterocycles. The van der Waals surface area contributed by atoms with Gasteiger partial charge in [-0.1, -0.05) is 11.6 Å². The summed E-state index contributed by atoms with van der Waals surface area (Å²) < 4.78 is 32.8. The molecular weight excluding hydrogens is 332 g/mol. The highest BCUT2D eigenvalue weighted by molar-refractivity contribution is 7.93. The Labute approximate surface area is 132 Å². The number of methoxy groups -OCH3 is 1. The van der Waals surface area contributed by atoms with Crippen LogP contribution in [0.1, 0.15) is 10.4 Å².